The SMILES string of the molecule is Cc1ccc(C)c(OC(C)C(C)O)c1. The second kappa shape index (κ2) is 4.47. The Bertz CT molecular complexity index is 305. The van der Waals surface area contributed by atoms with Gasteiger partial charge < -0.3 is 9.84 Å². The second-order valence-corrected chi connectivity index (χ2v) is 3.83. The van der Waals surface area contributed by atoms with E-state index in [-0.39, 0.29) is 6.10 Å². The molecule has 1 aromatic carbocycles. The number of aryl methyl sites for hydroxylation is 2. The Kier molecular flexibility index (Phi) is 3.53. The van der Waals surface area contributed by atoms with Crippen LogP contribution in [0.5, 0.6) is 5.75 Å². The van der Waals surface area contributed by atoms with E-state index in [4.69, 9.17) is 4.74 Å². The number of aliphatic hydroxyl groups excluding tert-OH is 1. The Hall–Kier alpha value is -1.02. The van der Waals surface area contributed by atoms with Crippen molar-refractivity contribution in [3.8, 4) is 5.75 Å². The van der Waals surface area contributed by atoms with E-state index in [0.29, 0.717) is 0 Å². The Balaban J connectivity index is 2.80. The van der Waals surface area contributed by atoms with E-state index in [1.165, 1.54) is 5.56 Å². The zero-order valence-corrected chi connectivity index (χ0v) is 9.24. The molecule has 14 heavy (non-hydrogen) atoms. The molecule has 0 amide bonds. The van der Waals surface area contributed by atoms with Gasteiger partial charge in [0.1, 0.15) is 11.9 Å². The van der Waals surface area contributed by atoms with Crippen LogP contribution < -0.4 is 4.74 Å². The molecule has 1 N–H and O–H groups in total. The van der Waals surface area contributed by atoms with Crippen molar-refractivity contribution < 1.29 is 9.84 Å². The topological polar surface area (TPSA) is 29.5 Å². The maximum Gasteiger partial charge on any atom is 0.123 e. The van der Waals surface area contributed by atoms with Crippen molar-refractivity contribution in [1.29, 1.82) is 0 Å². The number of ether oxygens (including phenoxy) is 1. The summed E-state index contributed by atoms with van der Waals surface area (Å²) in [7, 11) is 0. The van der Waals surface area contributed by atoms with Gasteiger partial charge in [0.05, 0.1) is 6.10 Å². The van der Waals surface area contributed by atoms with Crippen molar-refractivity contribution in [2.45, 2.75) is 39.9 Å². The standard InChI is InChI=1S/C12H18O2/c1-8-5-6-9(2)12(7-8)14-11(4)10(3)13/h5-7,10-11,13H,1-4H3. The molecule has 2 atom stereocenters. The van der Waals surface area contributed by atoms with Gasteiger partial charge in [-0.2, -0.15) is 0 Å². The summed E-state index contributed by atoms with van der Waals surface area (Å²) < 4.78 is 5.64. The van der Waals surface area contributed by atoms with E-state index >= 15 is 0 Å². The lowest BCUT2D eigenvalue weighted by molar-refractivity contribution is 0.0600. The molecule has 0 fully saturated rings. The summed E-state index contributed by atoms with van der Waals surface area (Å²) in [5, 5.41) is 9.32. The molecule has 1 rings (SSSR count). The van der Waals surface area contributed by atoms with Crippen LogP contribution in [0.4, 0.5) is 0 Å². The van der Waals surface area contributed by atoms with Crippen LogP contribution in [0.25, 0.3) is 0 Å². The van der Waals surface area contributed by atoms with E-state index in [1.807, 2.05) is 32.9 Å². The molecule has 78 valence electrons. The first kappa shape index (κ1) is 11.1. The van der Waals surface area contributed by atoms with Crippen molar-refractivity contribution in [3.63, 3.8) is 0 Å². The molecule has 0 spiro atoms. The number of hydrogen-bond acceptors (Lipinski definition) is 2. The zero-order valence-electron chi connectivity index (χ0n) is 9.24. The van der Waals surface area contributed by atoms with Crippen molar-refractivity contribution in [3.05, 3.63) is 29.3 Å². The van der Waals surface area contributed by atoms with Crippen LogP contribution in [0.2, 0.25) is 0 Å². The van der Waals surface area contributed by atoms with Gasteiger partial charge in [0.15, 0.2) is 0 Å². The van der Waals surface area contributed by atoms with Crippen LogP contribution >= 0.6 is 0 Å². The molecule has 0 aromatic heterocycles. The molecule has 0 aliphatic rings. The first-order chi connectivity index (χ1) is 6.50. The van der Waals surface area contributed by atoms with Crippen molar-refractivity contribution in [1.82, 2.24) is 0 Å². The average molecular weight is 194 g/mol. The van der Waals surface area contributed by atoms with Crippen LogP contribution in [-0.2, 0) is 0 Å². The minimum Gasteiger partial charge on any atom is -0.488 e. The van der Waals surface area contributed by atoms with Crippen molar-refractivity contribution >= 4 is 0 Å². The van der Waals surface area contributed by atoms with Crippen molar-refractivity contribution in [2.75, 3.05) is 0 Å². The first-order valence-corrected chi connectivity index (χ1v) is 4.92. The fraction of sp³-hybridized carbons (Fsp3) is 0.500. The molecule has 2 heteroatoms. The molecule has 0 saturated carbocycles. The van der Waals surface area contributed by atoms with Crippen LogP contribution in [0.15, 0.2) is 18.2 Å². The van der Waals surface area contributed by atoms with Gasteiger partial charge in [0.25, 0.3) is 0 Å². The lowest BCUT2D eigenvalue weighted by atomic mass is 10.1. The van der Waals surface area contributed by atoms with Crippen LogP contribution in [0.3, 0.4) is 0 Å². The van der Waals surface area contributed by atoms with Gasteiger partial charge in [-0.1, -0.05) is 12.1 Å². The Labute approximate surface area is 85.5 Å². The maximum atomic E-state index is 9.32. The Morgan fingerprint density at radius 2 is 1.86 bits per heavy atom. The molecule has 0 aliphatic heterocycles. The monoisotopic (exact) mass is 194 g/mol. The predicted octanol–water partition coefficient (Wildman–Crippen LogP) is 2.45. The average Bonchev–Trinajstić information content (AvgIpc) is 2.11. The second-order valence-electron chi connectivity index (χ2n) is 3.83. The highest BCUT2D eigenvalue weighted by Crippen LogP contribution is 2.20. The van der Waals surface area contributed by atoms with Gasteiger partial charge >= 0.3 is 0 Å². The van der Waals surface area contributed by atoms with Gasteiger partial charge in [0.2, 0.25) is 0 Å². The smallest absolute Gasteiger partial charge is 0.123 e. The first-order valence-electron chi connectivity index (χ1n) is 4.92. The van der Waals surface area contributed by atoms with E-state index in [2.05, 4.69) is 6.07 Å². The summed E-state index contributed by atoms with van der Waals surface area (Å²) >= 11 is 0. The highest BCUT2D eigenvalue weighted by Gasteiger charge is 2.11. The maximum absolute atomic E-state index is 9.32. The number of rotatable bonds is 3. The largest absolute Gasteiger partial charge is 0.488 e. The van der Waals surface area contributed by atoms with Gasteiger partial charge in [-0.05, 0) is 44.9 Å². The fourth-order valence-corrected chi connectivity index (χ4v) is 1.13. The molecule has 0 radical (unpaired) electrons. The molecule has 2 nitrogen and oxygen atoms in total. The third-order valence-electron chi connectivity index (χ3n) is 2.34. The van der Waals surface area contributed by atoms with Gasteiger partial charge in [-0.15, -0.1) is 0 Å². The third-order valence-corrected chi connectivity index (χ3v) is 2.34. The van der Waals surface area contributed by atoms with E-state index in [0.717, 1.165) is 11.3 Å². The summed E-state index contributed by atoms with van der Waals surface area (Å²) in [5.41, 5.74) is 2.27. The molecular weight excluding hydrogens is 176 g/mol. The van der Waals surface area contributed by atoms with Crippen LogP contribution in [0.1, 0.15) is 25.0 Å². The Morgan fingerprint density at radius 1 is 1.21 bits per heavy atom. The molecule has 0 bridgehead atoms. The van der Waals surface area contributed by atoms with Gasteiger partial charge in [-0.25, -0.2) is 0 Å². The molecule has 1 aromatic rings. The zero-order chi connectivity index (χ0) is 10.7. The van der Waals surface area contributed by atoms with E-state index < -0.39 is 6.10 Å². The summed E-state index contributed by atoms with van der Waals surface area (Å²) in [4.78, 5) is 0. The summed E-state index contributed by atoms with van der Waals surface area (Å²) in [6.45, 7) is 7.63. The van der Waals surface area contributed by atoms with Gasteiger partial charge in [-0.3, -0.25) is 0 Å². The summed E-state index contributed by atoms with van der Waals surface area (Å²) in [5.74, 6) is 0.860. The quantitative estimate of drug-likeness (QED) is 0.801. The number of hydrogen-bond donors (Lipinski definition) is 1. The molecule has 2 unspecified atom stereocenters. The fourth-order valence-electron chi connectivity index (χ4n) is 1.13. The number of aliphatic hydroxyl groups is 1. The summed E-state index contributed by atoms with van der Waals surface area (Å²) in [6.07, 6.45) is -0.620. The van der Waals surface area contributed by atoms with Gasteiger partial charge in [0, 0.05) is 0 Å². The van der Waals surface area contributed by atoms with Crippen LogP contribution in [-0.4, -0.2) is 17.3 Å². The highest BCUT2D eigenvalue weighted by molar-refractivity contribution is 5.36. The Morgan fingerprint density at radius 3 is 2.43 bits per heavy atom. The predicted molar refractivity (Wildman–Crippen MR) is 57.7 cm³/mol. The van der Waals surface area contributed by atoms with E-state index in [9.17, 15) is 5.11 Å². The molecule has 0 saturated heterocycles. The minimum atomic E-state index is -0.449. The van der Waals surface area contributed by atoms with Crippen molar-refractivity contribution in [2.24, 2.45) is 0 Å². The lowest BCUT2D eigenvalue weighted by Crippen LogP contribution is -2.25. The summed E-state index contributed by atoms with van der Waals surface area (Å²) in [6, 6.07) is 6.07. The molecular formula is C12H18O2. The normalized spacial score (nSPS) is 14.9. The van der Waals surface area contributed by atoms with E-state index in [1.54, 1.807) is 6.92 Å². The molecule has 0 aliphatic carbocycles. The third kappa shape index (κ3) is 2.74. The lowest BCUT2D eigenvalue weighted by Gasteiger charge is -2.18. The highest BCUT2D eigenvalue weighted by atomic mass is 16.5. The van der Waals surface area contributed by atoms with Crippen LogP contribution in [0, 0.1) is 13.8 Å². The molecule has 0 heterocycles. The number of benzene rings is 1. The minimum absolute atomic E-state index is 0.171.